The van der Waals surface area contributed by atoms with Crippen molar-refractivity contribution in [3.63, 3.8) is 0 Å². The van der Waals surface area contributed by atoms with E-state index >= 15 is 0 Å². The molecule has 2 atom stereocenters. The lowest BCUT2D eigenvalue weighted by Crippen LogP contribution is -2.52. The van der Waals surface area contributed by atoms with Crippen molar-refractivity contribution in [1.82, 2.24) is 4.98 Å². The zero-order chi connectivity index (χ0) is 24.8. The Bertz CT molecular complexity index is 1150. The average Bonchev–Trinajstić information content (AvgIpc) is 3.09. The highest BCUT2D eigenvalue weighted by Crippen LogP contribution is 2.41. The van der Waals surface area contributed by atoms with Crippen LogP contribution in [0.25, 0.3) is 0 Å². The first-order valence-corrected chi connectivity index (χ1v) is 10.7. The molecule has 34 heavy (non-hydrogen) atoms. The van der Waals surface area contributed by atoms with Crippen LogP contribution in [0.4, 0.5) is 34.8 Å². The van der Waals surface area contributed by atoms with Gasteiger partial charge in [-0.1, -0.05) is 6.07 Å². The highest BCUT2D eigenvalue weighted by molar-refractivity contribution is 6.10. The Morgan fingerprint density at radius 2 is 1.94 bits per heavy atom. The van der Waals surface area contributed by atoms with E-state index in [1.54, 1.807) is 11.0 Å². The number of para-hydroxylation sites is 1. The number of amides is 2. The quantitative estimate of drug-likeness (QED) is 0.498. The fraction of sp³-hybridized carbons (Fsp3) is 0.391. The lowest BCUT2D eigenvalue weighted by atomic mass is 9.95. The van der Waals surface area contributed by atoms with Gasteiger partial charge in [-0.2, -0.15) is 13.2 Å². The SMILES string of the molecule is Cc1cc(C(F)(F)F)cc(N2C(=O)C[C@@H]3CN(CCC=O)c4c(F)cccc4N(C)C(=O)[C@H]32)n1. The summed E-state index contributed by atoms with van der Waals surface area (Å²) in [4.78, 5) is 45.6. The van der Waals surface area contributed by atoms with Crippen LogP contribution in [0, 0.1) is 18.7 Å². The zero-order valence-electron chi connectivity index (χ0n) is 18.5. The molecule has 0 saturated carbocycles. The maximum Gasteiger partial charge on any atom is 0.416 e. The predicted octanol–water partition coefficient (Wildman–Crippen LogP) is 3.34. The van der Waals surface area contributed by atoms with E-state index in [-0.39, 0.29) is 48.8 Å². The maximum absolute atomic E-state index is 14.9. The third kappa shape index (κ3) is 4.10. The molecule has 0 unspecified atom stereocenters. The first-order valence-electron chi connectivity index (χ1n) is 10.7. The lowest BCUT2D eigenvalue weighted by Gasteiger charge is -2.38. The molecular weight excluding hydrogens is 456 g/mol. The highest BCUT2D eigenvalue weighted by atomic mass is 19.4. The van der Waals surface area contributed by atoms with Crippen LogP contribution in [-0.2, 0) is 20.6 Å². The fourth-order valence-corrected chi connectivity index (χ4v) is 4.68. The summed E-state index contributed by atoms with van der Waals surface area (Å²) in [5, 5.41) is 0. The number of aromatic nitrogens is 1. The number of rotatable bonds is 4. The molecule has 180 valence electrons. The number of hydrogen-bond donors (Lipinski definition) is 0. The second-order valence-corrected chi connectivity index (χ2v) is 8.43. The van der Waals surface area contributed by atoms with Crippen molar-refractivity contribution < 1.29 is 31.9 Å². The third-order valence-electron chi connectivity index (χ3n) is 6.14. The van der Waals surface area contributed by atoms with Crippen molar-refractivity contribution >= 4 is 35.3 Å². The first kappa shape index (κ1) is 23.7. The van der Waals surface area contributed by atoms with Gasteiger partial charge in [0.25, 0.3) is 0 Å². The van der Waals surface area contributed by atoms with Gasteiger partial charge in [0.1, 0.15) is 24.0 Å². The predicted molar refractivity (Wildman–Crippen MR) is 116 cm³/mol. The number of benzene rings is 1. The van der Waals surface area contributed by atoms with E-state index < -0.39 is 41.3 Å². The van der Waals surface area contributed by atoms with Crippen LogP contribution >= 0.6 is 0 Å². The molecule has 1 aromatic carbocycles. The summed E-state index contributed by atoms with van der Waals surface area (Å²) in [5.74, 6) is -2.61. The zero-order valence-corrected chi connectivity index (χ0v) is 18.5. The van der Waals surface area contributed by atoms with Crippen molar-refractivity contribution in [3.05, 3.63) is 47.4 Å². The molecule has 0 N–H and O–H groups in total. The molecule has 2 aromatic rings. The van der Waals surface area contributed by atoms with E-state index in [2.05, 4.69) is 4.98 Å². The number of aldehydes is 1. The van der Waals surface area contributed by atoms with E-state index in [1.165, 1.54) is 31.0 Å². The van der Waals surface area contributed by atoms with Crippen molar-refractivity contribution in [1.29, 1.82) is 0 Å². The molecule has 2 aliphatic heterocycles. The average molecular weight is 478 g/mol. The van der Waals surface area contributed by atoms with Crippen LogP contribution in [-0.4, -0.2) is 49.3 Å². The Balaban J connectivity index is 1.83. The lowest BCUT2D eigenvalue weighted by molar-refractivity contribution is -0.137. The number of halogens is 4. The van der Waals surface area contributed by atoms with Crippen molar-refractivity contribution in [2.45, 2.75) is 32.0 Å². The third-order valence-corrected chi connectivity index (χ3v) is 6.14. The monoisotopic (exact) mass is 478 g/mol. The minimum atomic E-state index is -4.66. The number of hydrogen-bond acceptors (Lipinski definition) is 5. The summed E-state index contributed by atoms with van der Waals surface area (Å²) < 4.78 is 55.1. The molecular formula is C23H22F4N4O3. The molecule has 2 amide bonds. The standard InChI is InChI=1S/C23H22F4N4O3/c1-13-9-15(23(25,26)27)11-18(28-13)31-19(33)10-14-12-30(7-4-8-32)21-16(24)5-3-6-17(21)29(2)22(34)20(14)31/h3,5-6,8-9,11,14,20H,4,7,10,12H2,1-2H3/t14-,20+/m1/s1. The summed E-state index contributed by atoms with van der Waals surface area (Å²) in [6, 6.07) is 4.71. The minimum Gasteiger partial charge on any atom is -0.367 e. The molecule has 11 heteroatoms. The van der Waals surface area contributed by atoms with Gasteiger partial charge in [0, 0.05) is 44.6 Å². The molecule has 1 aromatic heterocycles. The summed E-state index contributed by atoms with van der Waals surface area (Å²) in [6.45, 7) is 1.59. The Labute approximate surface area is 193 Å². The van der Waals surface area contributed by atoms with Crippen molar-refractivity contribution in [2.24, 2.45) is 5.92 Å². The molecule has 0 bridgehead atoms. The molecule has 2 aliphatic rings. The van der Waals surface area contributed by atoms with Crippen LogP contribution < -0.4 is 14.7 Å². The second-order valence-electron chi connectivity index (χ2n) is 8.43. The van der Waals surface area contributed by atoms with Gasteiger partial charge in [-0.15, -0.1) is 0 Å². The number of aryl methyl sites for hydroxylation is 1. The van der Waals surface area contributed by atoms with E-state index in [0.717, 1.165) is 17.0 Å². The number of carbonyl (C=O) groups excluding carboxylic acids is 3. The number of fused-ring (bicyclic) bond motifs is 2. The summed E-state index contributed by atoms with van der Waals surface area (Å²) in [6.07, 6.45) is -4.01. The molecule has 0 radical (unpaired) electrons. The van der Waals surface area contributed by atoms with E-state index in [0.29, 0.717) is 6.29 Å². The van der Waals surface area contributed by atoms with Gasteiger partial charge in [-0.05, 0) is 31.2 Å². The van der Waals surface area contributed by atoms with Crippen LogP contribution in [0.2, 0.25) is 0 Å². The van der Waals surface area contributed by atoms with Crippen molar-refractivity contribution in [2.75, 3.05) is 34.8 Å². The van der Waals surface area contributed by atoms with Crippen molar-refractivity contribution in [3.8, 4) is 0 Å². The van der Waals surface area contributed by atoms with Gasteiger partial charge in [0.15, 0.2) is 0 Å². The summed E-state index contributed by atoms with van der Waals surface area (Å²) >= 11 is 0. The molecule has 1 fully saturated rings. The normalized spacial score (nSPS) is 20.7. The number of carbonyl (C=O) groups is 3. The Morgan fingerprint density at radius 1 is 1.21 bits per heavy atom. The number of pyridine rings is 1. The highest BCUT2D eigenvalue weighted by Gasteiger charge is 2.49. The summed E-state index contributed by atoms with van der Waals surface area (Å²) in [7, 11) is 1.42. The molecule has 1 saturated heterocycles. The molecule has 4 rings (SSSR count). The van der Waals surface area contributed by atoms with Crippen LogP contribution in [0.3, 0.4) is 0 Å². The number of nitrogens with zero attached hydrogens (tertiary/aromatic N) is 4. The first-order chi connectivity index (χ1) is 16.0. The number of anilines is 3. The molecule has 3 heterocycles. The molecule has 0 spiro atoms. The van der Waals surface area contributed by atoms with Gasteiger partial charge >= 0.3 is 6.18 Å². The number of likely N-dealkylation sites (N-methyl/N-ethyl adjacent to an activating group) is 1. The maximum atomic E-state index is 14.9. The smallest absolute Gasteiger partial charge is 0.367 e. The largest absolute Gasteiger partial charge is 0.416 e. The van der Waals surface area contributed by atoms with Gasteiger partial charge in [-0.3, -0.25) is 14.5 Å². The molecule has 0 aliphatic carbocycles. The Morgan fingerprint density at radius 3 is 2.62 bits per heavy atom. The fourth-order valence-electron chi connectivity index (χ4n) is 4.68. The van der Waals surface area contributed by atoms with Gasteiger partial charge in [-0.25, -0.2) is 9.37 Å². The number of alkyl halides is 3. The van der Waals surface area contributed by atoms with Crippen LogP contribution in [0.15, 0.2) is 30.3 Å². The Kier molecular flexibility index (Phi) is 6.05. The topological polar surface area (TPSA) is 73.8 Å². The van der Waals surface area contributed by atoms with Crippen LogP contribution in [0.5, 0.6) is 0 Å². The second kappa shape index (κ2) is 8.69. The van der Waals surface area contributed by atoms with Gasteiger partial charge in [0.2, 0.25) is 11.8 Å². The van der Waals surface area contributed by atoms with E-state index in [9.17, 15) is 31.9 Å². The van der Waals surface area contributed by atoms with E-state index in [1.807, 2.05) is 0 Å². The van der Waals surface area contributed by atoms with E-state index in [4.69, 9.17) is 0 Å². The minimum absolute atomic E-state index is 0.0488. The summed E-state index contributed by atoms with van der Waals surface area (Å²) in [5.41, 5.74) is -0.551. The van der Waals surface area contributed by atoms with Crippen LogP contribution in [0.1, 0.15) is 24.1 Å². The Hall–Kier alpha value is -3.50. The van der Waals surface area contributed by atoms with Gasteiger partial charge < -0.3 is 14.6 Å². The molecule has 7 nitrogen and oxygen atoms in total. The van der Waals surface area contributed by atoms with Gasteiger partial charge in [0.05, 0.1) is 16.9 Å².